The molecule has 1 unspecified atom stereocenters. The largest absolute Gasteiger partial charge is 0.507 e. The molecule has 3 rings (SSSR count). The third-order valence-electron chi connectivity index (χ3n) is 4.43. The smallest absolute Gasteiger partial charge is 0.438 e. The fraction of sp³-hybridized carbons (Fsp3) is 0.300. The Labute approximate surface area is 166 Å². The summed E-state index contributed by atoms with van der Waals surface area (Å²) in [6, 6.07) is 5.85. The molecule has 1 aliphatic rings. The number of nitriles is 1. The van der Waals surface area contributed by atoms with Crippen molar-refractivity contribution in [1.82, 2.24) is 4.98 Å². The number of carbonyl (C=O) groups excluding carboxylic acids is 2. The topological polar surface area (TPSA) is 101 Å². The molecule has 28 heavy (non-hydrogen) atoms. The molecule has 0 spiro atoms. The zero-order valence-electron chi connectivity index (χ0n) is 15.3. The Hall–Kier alpha value is -3.18. The molecule has 0 fully saturated rings. The van der Waals surface area contributed by atoms with Gasteiger partial charge in [0.25, 0.3) is 0 Å². The fourth-order valence-corrected chi connectivity index (χ4v) is 4.36. The van der Waals surface area contributed by atoms with Crippen LogP contribution in [-0.4, -0.2) is 30.8 Å². The van der Waals surface area contributed by atoms with Crippen molar-refractivity contribution in [2.45, 2.75) is 19.3 Å². The molecule has 0 saturated carbocycles. The van der Waals surface area contributed by atoms with E-state index in [1.165, 1.54) is 24.5 Å². The summed E-state index contributed by atoms with van der Waals surface area (Å²) in [5, 5.41) is 12.9. The number of anilines is 1. The SMILES string of the molecule is COC(=O)OCC1CCc2c(sc(NC(=O)C=Cc3cccnc3)c2C#N)C1. The first-order chi connectivity index (χ1) is 13.6. The quantitative estimate of drug-likeness (QED) is 0.611. The number of hydrogen-bond donors (Lipinski definition) is 1. The molecule has 2 aromatic heterocycles. The Balaban J connectivity index is 1.68. The van der Waals surface area contributed by atoms with Crippen molar-refractivity contribution < 1.29 is 19.1 Å². The molecule has 1 aliphatic carbocycles. The summed E-state index contributed by atoms with van der Waals surface area (Å²) < 4.78 is 9.53. The van der Waals surface area contributed by atoms with Crippen LogP contribution in [-0.2, 0) is 27.1 Å². The molecule has 1 atom stereocenters. The minimum absolute atomic E-state index is 0.172. The fourth-order valence-electron chi connectivity index (χ4n) is 3.05. The number of fused-ring (bicyclic) bond motifs is 1. The average Bonchev–Trinajstić information content (AvgIpc) is 3.07. The number of thiophene rings is 1. The third-order valence-corrected chi connectivity index (χ3v) is 5.60. The predicted molar refractivity (Wildman–Crippen MR) is 105 cm³/mol. The van der Waals surface area contributed by atoms with Crippen molar-refractivity contribution in [2.24, 2.45) is 5.92 Å². The Morgan fingerprint density at radius 1 is 1.50 bits per heavy atom. The normalized spacial score (nSPS) is 15.5. The highest BCUT2D eigenvalue weighted by Crippen LogP contribution is 2.39. The van der Waals surface area contributed by atoms with Gasteiger partial charge in [0.1, 0.15) is 11.1 Å². The van der Waals surface area contributed by atoms with Gasteiger partial charge in [-0.1, -0.05) is 6.07 Å². The van der Waals surface area contributed by atoms with E-state index < -0.39 is 6.16 Å². The zero-order valence-corrected chi connectivity index (χ0v) is 16.1. The van der Waals surface area contributed by atoms with Gasteiger partial charge in [-0.25, -0.2) is 4.79 Å². The van der Waals surface area contributed by atoms with Gasteiger partial charge >= 0.3 is 6.16 Å². The lowest BCUT2D eigenvalue weighted by molar-refractivity contribution is -0.111. The van der Waals surface area contributed by atoms with Crippen LogP contribution in [0.1, 0.15) is 28.0 Å². The molecule has 1 amide bonds. The maximum absolute atomic E-state index is 12.2. The van der Waals surface area contributed by atoms with E-state index in [1.54, 1.807) is 24.5 Å². The molecule has 144 valence electrons. The maximum atomic E-state index is 12.2. The van der Waals surface area contributed by atoms with Crippen LogP contribution >= 0.6 is 11.3 Å². The van der Waals surface area contributed by atoms with Gasteiger partial charge in [0.2, 0.25) is 5.91 Å². The summed E-state index contributed by atoms with van der Waals surface area (Å²) in [7, 11) is 1.28. The molecule has 0 bridgehead atoms. The Bertz CT molecular complexity index is 931. The monoisotopic (exact) mass is 397 g/mol. The molecular formula is C20H19N3O4S. The van der Waals surface area contributed by atoms with Crippen molar-refractivity contribution in [3.8, 4) is 6.07 Å². The van der Waals surface area contributed by atoms with Crippen LogP contribution in [0.2, 0.25) is 0 Å². The maximum Gasteiger partial charge on any atom is 0.507 e. The molecule has 0 aromatic carbocycles. The second-order valence-corrected chi connectivity index (χ2v) is 7.41. The molecule has 8 heteroatoms. The molecule has 7 nitrogen and oxygen atoms in total. The number of nitrogens with zero attached hydrogens (tertiary/aromatic N) is 2. The number of methoxy groups -OCH3 is 1. The Morgan fingerprint density at radius 2 is 2.36 bits per heavy atom. The summed E-state index contributed by atoms with van der Waals surface area (Å²) in [5.41, 5.74) is 2.32. The number of aromatic nitrogens is 1. The summed E-state index contributed by atoms with van der Waals surface area (Å²) in [5.74, 6) is -0.129. The number of pyridine rings is 1. The van der Waals surface area contributed by atoms with Crippen LogP contribution < -0.4 is 5.32 Å². The number of nitrogens with one attached hydrogen (secondary N) is 1. The van der Waals surface area contributed by atoms with Crippen LogP contribution in [0, 0.1) is 17.2 Å². The molecule has 2 aromatic rings. The molecule has 1 N–H and O–H groups in total. The minimum atomic E-state index is -0.692. The number of rotatable bonds is 5. The van der Waals surface area contributed by atoms with Gasteiger partial charge in [-0.2, -0.15) is 5.26 Å². The second-order valence-electron chi connectivity index (χ2n) is 6.30. The Kier molecular flexibility index (Phi) is 6.40. The molecule has 0 radical (unpaired) electrons. The molecule has 2 heterocycles. The van der Waals surface area contributed by atoms with E-state index in [4.69, 9.17) is 4.74 Å². The highest BCUT2D eigenvalue weighted by molar-refractivity contribution is 7.16. The van der Waals surface area contributed by atoms with E-state index in [0.29, 0.717) is 23.4 Å². The van der Waals surface area contributed by atoms with Crippen molar-refractivity contribution in [2.75, 3.05) is 19.0 Å². The average molecular weight is 397 g/mol. The summed E-state index contributed by atoms with van der Waals surface area (Å²) in [6.07, 6.45) is 7.94. The van der Waals surface area contributed by atoms with Crippen LogP contribution in [0.3, 0.4) is 0 Å². The minimum Gasteiger partial charge on any atom is -0.438 e. The van der Waals surface area contributed by atoms with Crippen molar-refractivity contribution in [3.05, 3.63) is 52.2 Å². The van der Waals surface area contributed by atoms with E-state index in [9.17, 15) is 14.9 Å². The van der Waals surface area contributed by atoms with Crippen LogP contribution in [0.15, 0.2) is 30.6 Å². The van der Waals surface area contributed by atoms with E-state index >= 15 is 0 Å². The van der Waals surface area contributed by atoms with Gasteiger partial charge in [-0.05, 0) is 48.4 Å². The first kappa shape index (κ1) is 19.6. The molecule has 0 saturated heterocycles. The van der Waals surface area contributed by atoms with E-state index in [-0.39, 0.29) is 18.4 Å². The number of hydrogen-bond acceptors (Lipinski definition) is 7. The lowest BCUT2D eigenvalue weighted by atomic mass is 9.88. The lowest BCUT2D eigenvalue weighted by Crippen LogP contribution is -2.20. The van der Waals surface area contributed by atoms with E-state index in [0.717, 1.165) is 22.4 Å². The zero-order chi connectivity index (χ0) is 19.9. The van der Waals surface area contributed by atoms with Crippen molar-refractivity contribution in [3.63, 3.8) is 0 Å². The molecular weight excluding hydrogens is 378 g/mol. The first-order valence-corrected chi connectivity index (χ1v) is 9.56. The van der Waals surface area contributed by atoms with Gasteiger partial charge in [-0.15, -0.1) is 11.3 Å². The van der Waals surface area contributed by atoms with Crippen molar-refractivity contribution in [1.29, 1.82) is 5.26 Å². The van der Waals surface area contributed by atoms with Crippen LogP contribution in [0.25, 0.3) is 6.08 Å². The summed E-state index contributed by atoms with van der Waals surface area (Å²) in [6.45, 7) is 0.279. The van der Waals surface area contributed by atoms with Gasteiger partial charge in [-0.3, -0.25) is 9.78 Å². The number of carbonyl (C=O) groups is 2. The molecule has 0 aliphatic heterocycles. The number of ether oxygens (including phenoxy) is 2. The van der Waals surface area contributed by atoms with E-state index in [2.05, 4.69) is 21.1 Å². The second kappa shape index (κ2) is 9.15. The first-order valence-electron chi connectivity index (χ1n) is 8.75. The highest BCUT2D eigenvalue weighted by atomic mass is 32.1. The lowest BCUT2D eigenvalue weighted by Gasteiger charge is -2.21. The van der Waals surface area contributed by atoms with E-state index in [1.807, 2.05) is 6.07 Å². The standard InChI is InChI=1S/C20H19N3O4S/c1-26-20(25)27-12-14-4-6-15-16(10-21)19(28-17(15)9-14)23-18(24)7-5-13-3-2-8-22-11-13/h2-3,5,7-8,11,14H,4,6,9,12H2,1H3,(H,23,24). The van der Waals surface area contributed by atoms with Gasteiger partial charge < -0.3 is 14.8 Å². The summed E-state index contributed by atoms with van der Waals surface area (Å²) >= 11 is 1.41. The van der Waals surface area contributed by atoms with Gasteiger partial charge in [0.15, 0.2) is 0 Å². The van der Waals surface area contributed by atoms with Crippen molar-refractivity contribution >= 4 is 34.5 Å². The van der Waals surface area contributed by atoms with Crippen LogP contribution in [0.4, 0.5) is 9.80 Å². The third kappa shape index (κ3) is 4.75. The predicted octanol–water partition coefficient (Wildman–Crippen LogP) is 3.55. The Morgan fingerprint density at radius 3 is 3.07 bits per heavy atom. The number of amides is 1. The van der Waals surface area contributed by atoms with Crippen LogP contribution in [0.5, 0.6) is 0 Å². The summed E-state index contributed by atoms with van der Waals surface area (Å²) in [4.78, 5) is 28.4. The van der Waals surface area contributed by atoms with Gasteiger partial charge in [0.05, 0.1) is 19.3 Å². The van der Waals surface area contributed by atoms with Gasteiger partial charge in [0, 0.05) is 23.3 Å². The highest BCUT2D eigenvalue weighted by Gasteiger charge is 2.27.